The molecule has 0 aliphatic carbocycles. The van der Waals surface area contributed by atoms with E-state index >= 15 is 0 Å². The molecule has 1 fully saturated rings. The van der Waals surface area contributed by atoms with Crippen molar-refractivity contribution >= 4 is 5.97 Å². The second kappa shape index (κ2) is 4.88. The normalized spacial score (nSPS) is 22.6. The minimum absolute atomic E-state index is 0.236. The lowest BCUT2D eigenvalue weighted by Gasteiger charge is -2.20. The van der Waals surface area contributed by atoms with Crippen molar-refractivity contribution in [1.29, 1.82) is 0 Å². The van der Waals surface area contributed by atoms with Crippen LogP contribution in [-0.2, 0) is 4.79 Å². The van der Waals surface area contributed by atoms with Crippen LogP contribution in [-0.4, -0.2) is 36.1 Å². The van der Waals surface area contributed by atoms with Crippen LogP contribution in [0.4, 0.5) is 0 Å². The molecular weight excluding hydrogens is 214 g/mol. The molecule has 1 aromatic carbocycles. The van der Waals surface area contributed by atoms with E-state index in [1.165, 1.54) is 5.56 Å². The van der Waals surface area contributed by atoms with E-state index in [9.17, 15) is 9.90 Å². The first-order valence-electron chi connectivity index (χ1n) is 6.06. The molecular formula is C14H19NO2. The Morgan fingerprint density at radius 3 is 2.53 bits per heavy atom. The summed E-state index contributed by atoms with van der Waals surface area (Å²) in [6.07, 6.45) is 0.974. The van der Waals surface area contributed by atoms with Crippen LogP contribution in [0.2, 0.25) is 0 Å². The summed E-state index contributed by atoms with van der Waals surface area (Å²) in [4.78, 5) is 13.7. The number of aryl methyl sites for hydroxylation is 1. The third kappa shape index (κ3) is 2.67. The fourth-order valence-electron chi connectivity index (χ4n) is 2.63. The van der Waals surface area contributed by atoms with Gasteiger partial charge in [-0.25, -0.2) is 0 Å². The largest absolute Gasteiger partial charge is 0.481 e. The van der Waals surface area contributed by atoms with Crippen LogP contribution in [0.3, 0.4) is 0 Å². The highest BCUT2D eigenvalue weighted by Crippen LogP contribution is 2.31. The summed E-state index contributed by atoms with van der Waals surface area (Å²) < 4.78 is 0. The predicted molar refractivity (Wildman–Crippen MR) is 67.2 cm³/mol. The molecule has 1 aromatic rings. The summed E-state index contributed by atoms with van der Waals surface area (Å²) in [6, 6.07) is 7.88. The zero-order chi connectivity index (χ0) is 12.4. The van der Waals surface area contributed by atoms with Crippen molar-refractivity contribution in [3.8, 4) is 0 Å². The smallest absolute Gasteiger partial charge is 0.311 e. The van der Waals surface area contributed by atoms with Crippen molar-refractivity contribution in [3.63, 3.8) is 0 Å². The fourth-order valence-corrected chi connectivity index (χ4v) is 2.63. The Balaban J connectivity index is 2.23. The van der Waals surface area contributed by atoms with Crippen molar-refractivity contribution in [2.75, 3.05) is 20.1 Å². The molecule has 3 heteroatoms. The molecule has 0 amide bonds. The molecule has 0 aromatic heterocycles. The van der Waals surface area contributed by atoms with Crippen LogP contribution in [0.25, 0.3) is 0 Å². The van der Waals surface area contributed by atoms with Gasteiger partial charge in [-0.3, -0.25) is 4.79 Å². The highest BCUT2D eigenvalue weighted by molar-refractivity contribution is 5.76. The molecule has 0 spiro atoms. The summed E-state index contributed by atoms with van der Waals surface area (Å²) in [5, 5.41) is 9.42. The lowest BCUT2D eigenvalue weighted by molar-refractivity contribution is -0.140. The average molecular weight is 233 g/mol. The topological polar surface area (TPSA) is 40.5 Å². The first kappa shape index (κ1) is 12.1. The monoisotopic (exact) mass is 233 g/mol. The van der Waals surface area contributed by atoms with E-state index in [1.54, 1.807) is 0 Å². The van der Waals surface area contributed by atoms with Crippen molar-refractivity contribution in [1.82, 2.24) is 4.90 Å². The van der Waals surface area contributed by atoms with Gasteiger partial charge >= 0.3 is 5.97 Å². The molecule has 0 bridgehead atoms. The number of carboxylic acids is 1. The third-order valence-electron chi connectivity index (χ3n) is 3.60. The zero-order valence-electron chi connectivity index (χ0n) is 10.4. The second-order valence-corrected chi connectivity index (χ2v) is 5.04. The number of aliphatic carboxylic acids is 1. The van der Waals surface area contributed by atoms with Gasteiger partial charge in [-0.05, 0) is 38.4 Å². The number of carbonyl (C=O) groups is 1. The number of benzene rings is 1. The Hall–Kier alpha value is -1.35. The number of likely N-dealkylation sites (tertiary alicyclic amines) is 1. The molecule has 0 radical (unpaired) electrons. The summed E-state index contributed by atoms with van der Waals surface area (Å²) in [5.74, 6) is -0.824. The maximum Gasteiger partial charge on any atom is 0.311 e. The van der Waals surface area contributed by atoms with E-state index in [4.69, 9.17) is 0 Å². The van der Waals surface area contributed by atoms with E-state index < -0.39 is 5.97 Å². The van der Waals surface area contributed by atoms with Gasteiger partial charge in [-0.15, -0.1) is 0 Å². The fraction of sp³-hybridized carbons (Fsp3) is 0.500. The standard InChI is InChI=1S/C14H19NO2/c1-10-3-5-11(6-4-10)13(14(16)17)12-7-8-15(2)9-12/h3-6,12-13H,7-9H2,1-2H3,(H,16,17). The van der Waals surface area contributed by atoms with Gasteiger partial charge in [0.25, 0.3) is 0 Å². The Labute approximate surface area is 102 Å². The van der Waals surface area contributed by atoms with Crippen molar-refractivity contribution in [2.45, 2.75) is 19.3 Å². The van der Waals surface area contributed by atoms with E-state index in [0.717, 1.165) is 25.1 Å². The molecule has 2 unspecified atom stereocenters. The summed E-state index contributed by atoms with van der Waals surface area (Å²) >= 11 is 0. The number of rotatable bonds is 3. The zero-order valence-corrected chi connectivity index (χ0v) is 10.4. The van der Waals surface area contributed by atoms with Crippen LogP contribution in [0.5, 0.6) is 0 Å². The Morgan fingerprint density at radius 1 is 1.41 bits per heavy atom. The average Bonchev–Trinajstić information content (AvgIpc) is 2.68. The van der Waals surface area contributed by atoms with Crippen LogP contribution < -0.4 is 0 Å². The Morgan fingerprint density at radius 2 is 2.06 bits per heavy atom. The van der Waals surface area contributed by atoms with E-state index in [2.05, 4.69) is 4.90 Å². The number of hydrogen-bond acceptors (Lipinski definition) is 2. The first-order valence-corrected chi connectivity index (χ1v) is 6.06. The lowest BCUT2D eigenvalue weighted by atomic mass is 9.85. The molecule has 3 nitrogen and oxygen atoms in total. The van der Waals surface area contributed by atoms with E-state index in [1.807, 2.05) is 38.2 Å². The second-order valence-electron chi connectivity index (χ2n) is 5.04. The van der Waals surface area contributed by atoms with Gasteiger partial charge in [0.2, 0.25) is 0 Å². The van der Waals surface area contributed by atoms with Crippen molar-refractivity contribution < 1.29 is 9.90 Å². The molecule has 1 saturated heterocycles. The maximum absolute atomic E-state index is 11.5. The minimum atomic E-state index is -0.700. The van der Waals surface area contributed by atoms with Gasteiger partial charge in [0.15, 0.2) is 0 Å². The summed E-state index contributed by atoms with van der Waals surface area (Å²) in [6.45, 7) is 3.90. The first-order chi connectivity index (χ1) is 8.08. The number of nitrogens with zero attached hydrogens (tertiary/aromatic N) is 1. The molecule has 0 saturated carbocycles. The van der Waals surface area contributed by atoms with Gasteiger partial charge in [0, 0.05) is 6.54 Å². The Kier molecular flexibility index (Phi) is 3.48. The van der Waals surface area contributed by atoms with Crippen LogP contribution >= 0.6 is 0 Å². The van der Waals surface area contributed by atoms with Gasteiger partial charge in [0.1, 0.15) is 0 Å². The molecule has 2 rings (SSSR count). The molecule has 2 atom stereocenters. The van der Waals surface area contributed by atoms with E-state index in [0.29, 0.717) is 0 Å². The number of hydrogen-bond donors (Lipinski definition) is 1. The molecule has 1 heterocycles. The van der Waals surface area contributed by atoms with Crippen molar-refractivity contribution in [2.24, 2.45) is 5.92 Å². The van der Waals surface area contributed by atoms with Crippen LogP contribution in [0.15, 0.2) is 24.3 Å². The van der Waals surface area contributed by atoms with Crippen LogP contribution in [0, 0.1) is 12.8 Å². The van der Waals surface area contributed by atoms with Gasteiger partial charge in [-0.2, -0.15) is 0 Å². The molecule has 92 valence electrons. The predicted octanol–water partition coefficient (Wildman–Crippen LogP) is 2.11. The Bertz CT molecular complexity index is 399. The highest BCUT2D eigenvalue weighted by atomic mass is 16.4. The number of carboxylic acid groups (broad SMARTS) is 1. The minimum Gasteiger partial charge on any atom is -0.481 e. The molecule has 17 heavy (non-hydrogen) atoms. The van der Waals surface area contributed by atoms with E-state index in [-0.39, 0.29) is 11.8 Å². The van der Waals surface area contributed by atoms with Gasteiger partial charge in [-0.1, -0.05) is 29.8 Å². The molecule has 1 N–H and O–H groups in total. The summed E-state index contributed by atoms with van der Waals surface area (Å²) in [5.41, 5.74) is 2.10. The summed E-state index contributed by atoms with van der Waals surface area (Å²) in [7, 11) is 2.05. The van der Waals surface area contributed by atoms with Gasteiger partial charge < -0.3 is 10.0 Å². The quantitative estimate of drug-likeness (QED) is 0.869. The van der Waals surface area contributed by atoms with Gasteiger partial charge in [0.05, 0.1) is 5.92 Å². The molecule has 1 aliphatic rings. The molecule has 1 aliphatic heterocycles. The third-order valence-corrected chi connectivity index (χ3v) is 3.60. The lowest BCUT2D eigenvalue weighted by Crippen LogP contribution is -2.24. The SMILES string of the molecule is Cc1ccc(C(C(=O)O)C2CCN(C)C2)cc1. The maximum atomic E-state index is 11.5. The van der Waals surface area contributed by atoms with Crippen molar-refractivity contribution in [3.05, 3.63) is 35.4 Å². The van der Waals surface area contributed by atoms with Crippen LogP contribution in [0.1, 0.15) is 23.5 Å². The highest BCUT2D eigenvalue weighted by Gasteiger charge is 2.33.